The van der Waals surface area contributed by atoms with Crippen molar-refractivity contribution in [2.75, 3.05) is 0 Å². The van der Waals surface area contributed by atoms with Crippen molar-refractivity contribution in [1.82, 2.24) is 19.5 Å². The molecule has 294 valence electrons. The number of nitrogens with zero attached hydrogens (tertiary/aromatic N) is 4. The van der Waals surface area contributed by atoms with E-state index in [-0.39, 0.29) is 0 Å². The van der Waals surface area contributed by atoms with Gasteiger partial charge in [-0.3, -0.25) is 0 Å². The van der Waals surface area contributed by atoms with Crippen LogP contribution in [-0.4, -0.2) is 19.5 Å². The molecular formula is C57H34N4O2. The molecule has 0 atom stereocenters. The molecule has 4 aromatic heterocycles. The minimum Gasteiger partial charge on any atom is -0.456 e. The number of benzene rings is 9. The highest BCUT2D eigenvalue weighted by molar-refractivity contribution is 6.16. The van der Waals surface area contributed by atoms with Gasteiger partial charge in [-0.25, -0.2) is 15.0 Å². The van der Waals surface area contributed by atoms with Gasteiger partial charge < -0.3 is 13.4 Å². The SMILES string of the molecule is c1ccc(-c2ccc3oc4cccc(-c5ccc6oc7cccc(-c8nc(-c9ccccc9)nc(-c9ccc(-n%10c%11ccccc%11c%11ccccc%11%10)cc9)n8)c7c6c5)c4c3c2)cc1. The van der Waals surface area contributed by atoms with Gasteiger partial charge in [-0.1, -0.05) is 133 Å². The Morgan fingerprint density at radius 3 is 1.41 bits per heavy atom. The van der Waals surface area contributed by atoms with E-state index in [4.69, 9.17) is 23.8 Å². The van der Waals surface area contributed by atoms with Crippen LogP contribution in [0.25, 0.3) is 128 Å². The lowest BCUT2D eigenvalue weighted by Crippen LogP contribution is -2.01. The van der Waals surface area contributed by atoms with Crippen molar-refractivity contribution >= 4 is 65.7 Å². The maximum absolute atomic E-state index is 6.56. The lowest BCUT2D eigenvalue weighted by molar-refractivity contribution is 0.669. The molecule has 0 amide bonds. The first kappa shape index (κ1) is 35.2. The van der Waals surface area contributed by atoms with Crippen molar-refractivity contribution in [1.29, 1.82) is 0 Å². The number of rotatable bonds is 6. The normalized spacial score (nSPS) is 11.8. The van der Waals surface area contributed by atoms with Crippen LogP contribution in [0.5, 0.6) is 0 Å². The molecule has 0 radical (unpaired) electrons. The zero-order chi connectivity index (χ0) is 41.4. The molecule has 0 spiro atoms. The molecule has 13 aromatic rings. The minimum atomic E-state index is 0.570. The van der Waals surface area contributed by atoms with Crippen LogP contribution >= 0.6 is 0 Å². The molecular weight excluding hydrogens is 773 g/mol. The Bertz CT molecular complexity index is 3850. The van der Waals surface area contributed by atoms with Gasteiger partial charge in [0.15, 0.2) is 17.5 Å². The van der Waals surface area contributed by atoms with Crippen molar-refractivity contribution in [3.63, 3.8) is 0 Å². The van der Waals surface area contributed by atoms with E-state index in [0.717, 1.165) is 94.0 Å². The smallest absolute Gasteiger partial charge is 0.164 e. The average molecular weight is 807 g/mol. The van der Waals surface area contributed by atoms with E-state index in [1.54, 1.807) is 0 Å². The summed E-state index contributed by atoms with van der Waals surface area (Å²) in [4.78, 5) is 15.5. The molecule has 0 bridgehead atoms. The van der Waals surface area contributed by atoms with Gasteiger partial charge in [0.05, 0.1) is 11.0 Å². The monoisotopic (exact) mass is 806 g/mol. The predicted molar refractivity (Wildman–Crippen MR) is 256 cm³/mol. The zero-order valence-corrected chi connectivity index (χ0v) is 33.7. The Balaban J connectivity index is 0.965. The molecule has 6 nitrogen and oxygen atoms in total. The fraction of sp³-hybridized carbons (Fsp3) is 0. The molecule has 0 saturated carbocycles. The molecule has 0 aliphatic carbocycles. The van der Waals surface area contributed by atoms with Crippen LogP contribution in [0.3, 0.4) is 0 Å². The third-order valence-electron chi connectivity index (χ3n) is 12.3. The largest absolute Gasteiger partial charge is 0.456 e. The molecule has 9 aromatic carbocycles. The van der Waals surface area contributed by atoms with Gasteiger partial charge >= 0.3 is 0 Å². The second-order valence-corrected chi connectivity index (χ2v) is 15.9. The van der Waals surface area contributed by atoms with Gasteiger partial charge in [0.1, 0.15) is 22.3 Å². The van der Waals surface area contributed by atoms with Crippen LogP contribution in [0.2, 0.25) is 0 Å². The van der Waals surface area contributed by atoms with Gasteiger partial charge in [-0.15, -0.1) is 0 Å². The Labute approximate surface area is 361 Å². The summed E-state index contributed by atoms with van der Waals surface area (Å²) < 4.78 is 15.3. The van der Waals surface area contributed by atoms with E-state index < -0.39 is 0 Å². The summed E-state index contributed by atoms with van der Waals surface area (Å²) in [5.41, 5.74) is 13.8. The highest BCUT2D eigenvalue weighted by Gasteiger charge is 2.20. The van der Waals surface area contributed by atoms with E-state index >= 15 is 0 Å². The summed E-state index contributed by atoms with van der Waals surface area (Å²) in [6.45, 7) is 0. The van der Waals surface area contributed by atoms with E-state index in [9.17, 15) is 0 Å². The summed E-state index contributed by atoms with van der Waals surface area (Å²) in [5.74, 6) is 1.76. The topological polar surface area (TPSA) is 69.9 Å². The highest BCUT2D eigenvalue weighted by atomic mass is 16.3. The first-order valence-corrected chi connectivity index (χ1v) is 21.1. The van der Waals surface area contributed by atoms with E-state index in [1.807, 2.05) is 54.6 Å². The molecule has 4 heterocycles. The van der Waals surface area contributed by atoms with Crippen molar-refractivity contribution in [2.24, 2.45) is 0 Å². The lowest BCUT2D eigenvalue weighted by atomic mass is 9.96. The predicted octanol–water partition coefficient (Wildman–Crippen LogP) is 15.1. The van der Waals surface area contributed by atoms with Crippen LogP contribution in [0, 0.1) is 0 Å². The average Bonchev–Trinajstić information content (AvgIpc) is 4.04. The van der Waals surface area contributed by atoms with Crippen LogP contribution in [-0.2, 0) is 0 Å². The second-order valence-electron chi connectivity index (χ2n) is 15.9. The van der Waals surface area contributed by atoms with E-state index in [2.05, 4.69) is 156 Å². The van der Waals surface area contributed by atoms with Crippen LogP contribution in [0.1, 0.15) is 0 Å². The lowest BCUT2D eigenvalue weighted by Gasteiger charge is -2.11. The summed E-state index contributed by atoms with van der Waals surface area (Å²) >= 11 is 0. The summed E-state index contributed by atoms with van der Waals surface area (Å²) in [5, 5.41) is 6.54. The molecule has 0 fully saturated rings. The third-order valence-corrected chi connectivity index (χ3v) is 12.3. The Kier molecular flexibility index (Phi) is 7.80. The molecule has 63 heavy (non-hydrogen) atoms. The van der Waals surface area contributed by atoms with Crippen LogP contribution in [0.15, 0.2) is 215 Å². The quantitative estimate of drug-likeness (QED) is 0.167. The summed E-state index contributed by atoms with van der Waals surface area (Å²) in [6, 6.07) is 71.5. The Morgan fingerprint density at radius 1 is 0.302 bits per heavy atom. The van der Waals surface area contributed by atoms with Crippen molar-refractivity contribution in [3.8, 4) is 62.1 Å². The fourth-order valence-electron chi connectivity index (χ4n) is 9.36. The highest BCUT2D eigenvalue weighted by Crippen LogP contribution is 2.42. The molecule has 0 aliphatic rings. The van der Waals surface area contributed by atoms with Gasteiger partial charge in [-0.05, 0) is 95.1 Å². The molecule has 0 unspecified atom stereocenters. The van der Waals surface area contributed by atoms with Crippen molar-refractivity contribution in [2.45, 2.75) is 0 Å². The second kappa shape index (κ2) is 14.0. The van der Waals surface area contributed by atoms with Crippen LogP contribution < -0.4 is 0 Å². The zero-order valence-electron chi connectivity index (χ0n) is 33.7. The number of aromatic nitrogens is 4. The fourth-order valence-corrected chi connectivity index (χ4v) is 9.36. The number of para-hydroxylation sites is 2. The summed E-state index contributed by atoms with van der Waals surface area (Å²) in [6.07, 6.45) is 0. The molecule has 13 rings (SSSR count). The molecule has 0 aliphatic heterocycles. The Hall–Kier alpha value is -8.61. The first-order chi connectivity index (χ1) is 31.2. The number of furan rings is 2. The van der Waals surface area contributed by atoms with E-state index in [1.165, 1.54) is 16.3 Å². The summed E-state index contributed by atoms with van der Waals surface area (Å²) in [7, 11) is 0. The maximum Gasteiger partial charge on any atom is 0.164 e. The molecule has 6 heteroatoms. The van der Waals surface area contributed by atoms with Crippen LogP contribution in [0.4, 0.5) is 0 Å². The number of hydrogen-bond acceptors (Lipinski definition) is 5. The minimum absolute atomic E-state index is 0.570. The van der Waals surface area contributed by atoms with Crippen molar-refractivity contribution < 1.29 is 8.83 Å². The first-order valence-electron chi connectivity index (χ1n) is 21.1. The number of hydrogen-bond donors (Lipinski definition) is 0. The van der Waals surface area contributed by atoms with Crippen molar-refractivity contribution in [3.05, 3.63) is 206 Å². The van der Waals surface area contributed by atoms with Gasteiger partial charge in [-0.2, -0.15) is 0 Å². The number of fused-ring (bicyclic) bond motifs is 9. The molecule has 0 N–H and O–H groups in total. The van der Waals surface area contributed by atoms with Gasteiger partial charge in [0.25, 0.3) is 0 Å². The maximum atomic E-state index is 6.56. The van der Waals surface area contributed by atoms with Gasteiger partial charge in [0, 0.05) is 54.7 Å². The standard InChI is InChI=1S/C57H34N4O2/c1-3-13-35(14-4-1)38-27-31-49-45(33-38)53-41(19-11-23-51(53)62-49)39-28-32-50-46(34-39)54-44(20-12-24-52(54)63-50)57-59-55(36-15-5-2-6-16-36)58-56(60-57)37-25-29-40(30-26-37)61-47-21-9-7-17-42(47)43-18-8-10-22-48(43)61/h1-34H. The van der Waals surface area contributed by atoms with Gasteiger partial charge in [0.2, 0.25) is 0 Å². The van der Waals surface area contributed by atoms with E-state index in [0.29, 0.717) is 17.5 Å². The molecule has 0 saturated heterocycles. The Morgan fingerprint density at radius 2 is 0.778 bits per heavy atom. The third kappa shape index (κ3) is 5.69.